The summed E-state index contributed by atoms with van der Waals surface area (Å²) >= 11 is 0. The molecule has 0 amide bonds. The van der Waals surface area contributed by atoms with E-state index >= 15 is 0 Å². The molecule has 0 aliphatic heterocycles. The normalized spacial score (nSPS) is 32.2. The molecule has 0 bridgehead atoms. The zero-order chi connectivity index (χ0) is 19.2. The van der Waals surface area contributed by atoms with E-state index in [2.05, 4.69) is 58.9 Å². The Kier molecular flexibility index (Phi) is 5.30. The number of fused-ring (bicyclic) bond motifs is 5. The molecule has 0 nitrogen and oxygen atoms in total. The van der Waals surface area contributed by atoms with Gasteiger partial charge in [-0.15, -0.1) is 0 Å². The maximum absolute atomic E-state index is 2.63. The van der Waals surface area contributed by atoms with Crippen LogP contribution in [0.3, 0.4) is 0 Å². The standard InChI is InChI=1S/C27H40/c1-18(2)19(3)10-11-20(4)25-14-15-26-24-13-12-21-8-6-7-9-22(21)23(24)16-17-27(25,26)5/h10-13,18-20,25-26H,6-9,14-17H2,1-5H3/b11-10+. The van der Waals surface area contributed by atoms with Crippen LogP contribution in [0.5, 0.6) is 0 Å². The van der Waals surface area contributed by atoms with Crippen LogP contribution in [-0.2, 0) is 19.3 Å². The number of allylic oxidation sites excluding steroid dienone is 2. The van der Waals surface area contributed by atoms with E-state index in [9.17, 15) is 0 Å². The molecule has 0 N–H and O–H groups in total. The van der Waals surface area contributed by atoms with E-state index in [1.807, 2.05) is 0 Å². The second kappa shape index (κ2) is 7.41. The van der Waals surface area contributed by atoms with Crippen LogP contribution < -0.4 is 0 Å². The minimum Gasteiger partial charge on any atom is -0.0852 e. The summed E-state index contributed by atoms with van der Waals surface area (Å²) in [4.78, 5) is 0. The highest BCUT2D eigenvalue weighted by Gasteiger charge is 2.50. The summed E-state index contributed by atoms with van der Waals surface area (Å²) in [5, 5.41) is 0. The first-order valence-corrected chi connectivity index (χ1v) is 11.7. The monoisotopic (exact) mass is 364 g/mol. The number of hydrogen-bond acceptors (Lipinski definition) is 0. The first kappa shape index (κ1) is 19.3. The highest BCUT2D eigenvalue weighted by atomic mass is 14.5. The van der Waals surface area contributed by atoms with Crippen LogP contribution in [0, 0.1) is 29.1 Å². The summed E-state index contributed by atoms with van der Waals surface area (Å²) < 4.78 is 0. The second-order valence-corrected chi connectivity index (χ2v) is 10.6. The lowest BCUT2D eigenvalue weighted by atomic mass is 9.60. The van der Waals surface area contributed by atoms with Gasteiger partial charge in [0.15, 0.2) is 0 Å². The van der Waals surface area contributed by atoms with Crippen molar-refractivity contribution >= 4 is 0 Å². The van der Waals surface area contributed by atoms with Crippen LogP contribution in [0.1, 0.15) is 94.9 Å². The summed E-state index contributed by atoms with van der Waals surface area (Å²) in [7, 11) is 0. The summed E-state index contributed by atoms with van der Waals surface area (Å²) in [5.74, 6) is 3.80. The molecule has 0 heteroatoms. The molecule has 4 rings (SSSR count). The van der Waals surface area contributed by atoms with E-state index in [0.29, 0.717) is 17.3 Å². The van der Waals surface area contributed by atoms with Crippen molar-refractivity contribution in [3.8, 4) is 0 Å². The van der Waals surface area contributed by atoms with Crippen LogP contribution in [0.15, 0.2) is 24.3 Å². The first-order chi connectivity index (χ1) is 12.9. The Morgan fingerprint density at radius 2 is 1.70 bits per heavy atom. The maximum Gasteiger partial charge on any atom is -0.0102 e. The van der Waals surface area contributed by atoms with E-state index in [1.165, 1.54) is 51.4 Å². The summed E-state index contributed by atoms with van der Waals surface area (Å²) in [6.07, 6.45) is 16.1. The van der Waals surface area contributed by atoms with E-state index < -0.39 is 0 Å². The lowest BCUT2D eigenvalue weighted by molar-refractivity contribution is 0.142. The molecule has 5 unspecified atom stereocenters. The molecule has 148 valence electrons. The van der Waals surface area contributed by atoms with Crippen LogP contribution >= 0.6 is 0 Å². The Morgan fingerprint density at radius 1 is 0.926 bits per heavy atom. The van der Waals surface area contributed by atoms with Crippen molar-refractivity contribution < 1.29 is 0 Å². The van der Waals surface area contributed by atoms with Crippen molar-refractivity contribution in [2.45, 2.75) is 91.9 Å². The molecule has 1 aromatic carbocycles. The van der Waals surface area contributed by atoms with Crippen molar-refractivity contribution in [2.75, 3.05) is 0 Å². The number of benzene rings is 1. The van der Waals surface area contributed by atoms with Gasteiger partial charge in [0, 0.05) is 0 Å². The molecule has 5 atom stereocenters. The molecule has 1 fully saturated rings. The molecular weight excluding hydrogens is 324 g/mol. The lowest BCUT2D eigenvalue weighted by Crippen LogP contribution is -2.35. The Balaban J connectivity index is 1.59. The molecular formula is C27H40. The number of hydrogen-bond donors (Lipinski definition) is 0. The number of rotatable bonds is 4. The molecule has 27 heavy (non-hydrogen) atoms. The third-order valence-electron chi connectivity index (χ3n) is 8.79. The van der Waals surface area contributed by atoms with Gasteiger partial charge in [-0.3, -0.25) is 0 Å². The first-order valence-electron chi connectivity index (χ1n) is 11.7. The van der Waals surface area contributed by atoms with Crippen molar-refractivity contribution in [1.82, 2.24) is 0 Å². The smallest absolute Gasteiger partial charge is 0.0102 e. The number of aryl methyl sites for hydroxylation is 1. The zero-order valence-corrected chi connectivity index (χ0v) is 18.4. The molecule has 0 radical (unpaired) electrons. The molecule has 0 aromatic heterocycles. The van der Waals surface area contributed by atoms with E-state index in [-0.39, 0.29) is 0 Å². The topological polar surface area (TPSA) is 0 Å². The third kappa shape index (κ3) is 3.32. The van der Waals surface area contributed by atoms with E-state index in [0.717, 1.165) is 17.8 Å². The van der Waals surface area contributed by atoms with Crippen LogP contribution in [0.2, 0.25) is 0 Å². The van der Waals surface area contributed by atoms with Gasteiger partial charge in [-0.05, 0) is 109 Å². The predicted octanol–water partition coefficient (Wildman–Crippen LogP) is 7.50. The SMILES string of the molecule is CC(C)C(C)/C=C/C(C)C1CCC2c3ccc4c(c3CCC21C)CCCC4. The molecule has 0 spiro atoms. The molecule has 1 aromatic rings. The Hall–Kier alpha value is -1.04. The van der Waals surface area contributed by atoms with Gasteiger partial charge >= 0.3 is 0 Å². The van der Waals surface area contributed by atoms with Crippen molar-refractivity contribution in [3.05, 3.63) is 46.5 Å². The summed E-state index contributed by atoms with van der Waals surface area (Å²) in [6.45, 7) is 12.2. The lowest BCUT2D eigenvalue weighted by Gasteiger charge is -2.44. The average molecular weight is 365 g/mol. The highest BCUT2D eigenvalue weighted by molar-refractivity contribution is 5.47. The van der Waals surface area contributed by atoms with Gasteiger partial charge in [-0.25, -0.2) is 0 Å². The summed E-state index contributed by atoms with van der Waals surface area (Å²) in [5.41, 5.74) is 7.48. The minimum atomic E-state index is 0.501. The Morgan fingerprint density at radius 3 is 2.48 bits per heavy atom. The maximum atomic E-state index is 2.63. The van der Waals surface area contributed by atoms with Gasteiger partial charge in [0.25, 0.3) is 0 Å². The molecule has 0 heterocycles. The molecule has 3 aliphatic carbocycles. The third-order valence-corrected chi connectivity index (χ3v) is 8.79. The highest BCUT2D eigenvalue weighted by Crippen LogP contribution is 2.61. The fraction of sp³-hybridized carbons (Fsp3) is 0.704. The van der Waals surface area contributed by atoms with Crippen LogP contribution in [-0.4, -0.2) is 0 Å². The Labute approximate surface area is 167 Å². The molecule has 3 aliphatic rings. The fourth-order valence-electron chi connectivity index (χ4n) is 6.64. The van der Waals surface area contributed by atoms with E-state index in [4.69, 9.17) is 0 Å². The quantitative estimate of drug-likeness (QED) is 0.485. The van der Waals surface area contributed by atoms with Gasteiger partial charge in [-0.2, -0.15) is 0 Å². The van der Waals surface area contributed by atoms with Gasteiger partial charge in [-0.1, -0.05) is 58.9 Å². The second-order valence-electron chi connectivity index (χ2n) is 10.6. The van der Waals surface area contributed by atoms with Gasteiger partial charge < -0.3 is 0 Å². The van der Waals surface area contributed by atoms with Crippen LogP contribution in [0.25, 0.3) is 0 Å². The van der Waals surface area contributed by atoms with E-state index in [1.54, 1.807) is 22.3 Å². The largest absolute Gasteiger partial charge is 0.0852 e. The molecule has 0 saturated heterocycles. The van der Waals surface area contributed by atoms with Gasteiger partial charge in [0.2, 0.25) is 0 Å². The summed E-state index contributed by atoms with van der Waals surface area (Å²) in [6, 6.07) is 5.05. The molecule has 1 saturated carbocycles. The van der Waals surface area contributed by atoms with Gasteiger partial charge in [0.05, 0.1) is 0 Å². The average Bonchev–Trinajstić information content (AvgIpc) is 3.02. The minimum absolute atomic E-state index is 0.501. The predicted molar refractivity (Wildman–Crippen MR) is 117 cm³/mol. The van der Waals surface area contributed by atoms with Crippen molar-refractivity contribution in [3.63, 3.8) is 0 Å². The van der Waals surface area contributed by atoms with Crippen molar-refractivity contribution in [1.29, 1.82) is 0 Å². The van der Waals surface area contributed by atoms with Crippen LogP contribution in [0.4, 0.5) is 0 Å². The van der Waals surface area contributed by atoms with Gasteiger partial charge in [0.1, 0.15) is 0 Å². The van der Waals surface area contributed by atoms with Crippen molar-refractivity contribution in [2.24, 2.45) is 29.1 Å². The zero-order valence-electron chi connectivity index (χ0n) is 18.4. The Bertz CT molecular complexity index is 709. The fourth-order valence-corrected chi connectivity index (χ4v) is 6.64.